The molecule has 7 heteroatoms. The Morgan fingerprint density at radius 3 is 2.90 bits per heavy atom. The van der Waals surface area contributed by atoms with Crippen LogP contribution in [-0.2, 0) is 11.2 Å². The van der Waals surface area contributed by atoms with E-state index < -0.39 is 0 Å². The third kappa shape index (κ3) is 4.66. The molecule has 21 heavy (non-hydrogen) atoms. The Labute approximate surface area is 129 Å². The van der Waals surface area contributed by atoms with Crippen LogP contribution in [0.4, 0.5) is 5.13 Å². The molecule has 0 aromatic carbocycles. The number of nitrogen functional groups attached to an aromatic ring is 1. The number of rotatable bonds is 7. The molecule has 0 radical (unpaired) electrons. The van der Waals surface area contributed by atoms with Gasteiger partial charge in [0.15, 0.2) is 5.13 Å². The maximum absolute atomic E-state index is 12.0. The minimum Gasteiger partial charge on any atom is -0.375 e. The molecule has 1 fully saturated rings. The van der Waals surface area contributed by atoms with Crippen LogP contribution in [0.5, 0.6) is 0 Å². The predicted molar refractivity (Wildman–Crippen MR) is 86.1 cm³/mol. The van der Waals surface area contributed by atoms with Gasteiger partial charge in [0.2, 0.25) is 5.91 Å². The van der Waals surface area contributed by atoms with E-state index in [1.165, 1.54) is 11.3 Å². The average molecular weight is 311 g/mol. The standard InChI is InChI=1S/C14H25N5OS/c1-19-11(4-5-12(19)8-15)7-13(20)17-6-2-3-10-9-21-14(16)18-10/h9,11-12H,2-8,15H2,1H3,(H2,16,18)(H,17,20)/t11-,12+/m0/s1. The number of aromatic nitrogens is 1. The molecule has 1 saturated heterocycles. The Morgan fingerprint density at radius 1 is 1.52 bits per heavy atom. The largest absolute Gasteiger partial charge is 0.375 e. The monoisotopic (exact) mass is 311 g/mol. The molecule has 0 spiro atoms. The second-order valence-corrected chi connectivity index (χ2v) is 6.51. The Kier molecular flexibility index (Phi) is 5.96. The maximum atomic E-state index is 12.0. The van der Waals surface area contributed by atoms with Crippen molar-refractivity contribution in [3.05, 3.63) is 11.1 Å². The lowest BCUT2D eigenvalue weighted by molar-refractivity contribution is -0.122. The lowest BCUT2D eigenvalue weighted by atomic mass is 10.1. The minimum atomic E-state index is 0.127. The van der Waals surface area contributed by atoms with Gasteiger partial charge in [-0.15, -0.1) is 11.3 Å². The zero-order chi connectivity index (χ0) is 15.2. The number of hydrogen-bond acceptors (Lipinski definition) is 6. The average Bonchev–Trinajstić information content (AvgIpc) is 3.02. The molecule has 1 aliphatic rings. The second kappa shape index (κ2) is 7.72. The molecule has 5 N–H and O–H groups in total. The van der Waals surface area contributed by atoms with Crippen LogP contribution in [-0.4, -0.2) is 48.0 Å². The highest BCUT2D eigenvalue weighted by Crippen LogP contribution is 2.23. The molecule has 2 atom stereocenters. The van der Waals surface area contributed by atoms with Gasteiger partial charge in [0.25, 0.3) is 0 Å². The fourth-order valence-corrected chi connectivity index (χ4v) is 3.44. The number of nitrogens with two attached hydrogens (primary N) is 2. The van der Waals surface area contributed by atoms with Crippen LogP contribution in [0.2, 0.25) is 0 Å². The molecule has 0 saturated carbocycles. The number of amides is 1. The molecule has 118 valence electrons. The minimum absolute atomic E-state index is 0.127. The second-order valence-electron chi connectivity index (χ2n) is 5.62. The number of nitrogens with zero attached hydrogens (tertiary/aromatic N) is 2. The maximum Gasteiger partial charge on any atom is 0.221 e. The smallest absolute Gasteiger partial charge is 0.221 e. The zero-order valence-corrected chi connectivity index (χ0v) is 13.4. The van der Waals surface area contributed by atoms with Gasteiger partial charge in [-0.05, 0) is 32.7 Å². The molecule has 1 amide bonds. The first-order chi connectivity index (χ1) is 10.1. The van der Waals surface area contributed by atoms with E-state index in [1.807, 2.05) is 5.38 Å². The SMILES string of the molecule is CN1[C@@H](CN)CC[C@H]1CC(=O)NCCCc1csc(N)n1. The molecular weight excluding hydrogens is 286 g/mol. The number of likely N-dealkylation sites (tertiary alicyclic amines) is 1. The molecule has 2 heterocycles. The van der Waals surface area contributed by atoms with E-state index in [4.69, 9.17) is 11.5 Å². The van der Waals surface area contributed by atoms with Crippen molar-refractivity contribution < 1.29 is 4.79 Å². The third-order valence-electron chi connectivity index (χ3n) is 4.18. The molecule has 2 rings (SSSR count). The topological polar surface area (TPSA) is 97.3 Å². The Hall–Kier alpha value is -1.18. The van der Waals surface area contributed by atoms with Gasteiger partial charge in [-0.25, -0.2) is 4.98 Å². The van der Waals surface area contributed by atoms with Gasteiger partial charge in [0.05, 0.1) is 5.69 Å². The Morgan fingerprint density at radius 2 is 2.29 bits per heavy atom. The first-order valence-corrected chi connectivity index (χ1v) is 8.36. The first-order valence-electron chi connectivity index (χ1n) is 7.48. The summed E-state index contributed by atoms with van der Waals surface area (Å²) in [7, 11) is 2.06. The van der Waals surface area contributed by atoms with Crippen molar-refractivity contribution in [1.29, 1.82) is 0 Å². The lowest BCUT2D eigenvalue weighted by Gasteiger charge is -2.24. The number of anilines is 1. The van der Waals surface area contributed by atoms with Crippen LogP contribution >= 0.6 is 11.3 Å². The van der Waals surface area contributed by atoms with Crippen molar-refractivity contribution in [1.82, 2.24) is 15.2 Å². The number of hydrogen-bond donors (Lipinski definition) is 3. The first kappa shape index (κ1) is 16.2. The number of likely N-dealkylation sites (N-methyl/N-ethyl adjacent to an activating group) is 1. The summed E-state index contributed by atoms with van der Waals surface area (Å²) in [5.41, 5.74) is 12.3. The summed E-state index contributed by atoms with van der Waals surface area (Å²) in [6, 6.07) is 0.759. The molecular formula is C14H25N5OS. The van der Waals surface area contributed by atoms with Crippen molar-refractivity contribution in [3.8, 4) is 0 Å². The molecule has 1 aromatic heterocycles. The van der Waals surface area contributed by atoms with Gasteiger partial charge >= 0.3 is 0 Å². The molecule has 0 bridgehead atoms. The van der Waals surface area contributed by atoms with E-state index in [9.17, 15) is 4.79 Å². The third-order valence-corrected chi connectivity index (χ3v) is 4.90. The van der Waals surface area contributed by atoms with Crippen LogP contribution in [0.3, 0.4) is 0 Å². The predicted octanol–water partition coefficient (Wildman–Crippen LogP) is 0.586. The van der Waals surface area contributed by atoms with Gasteiger partial charge in [0, 0.05) is 37.0 Å². The van der Waals surface area contributed by atoms with Crippen LogP contribution in [0, 0.1) is 0 Å². The van der Waals surface area contributed by atoms with Gasteiger partial charge in [0.1, 0.15) is 0 Å². The summed E-state index contributed by atoms with van der Waals surface area (Å²) in [4.78, 5) is 18.4. The van der Waals surface area contributed by atoms with Crippen molar-refractivity contribution in [2.75, 3.05) is 25.9 Å². The quantitative estimate of drug-likeness (QED) is 0.640. The van der Waals surface area contributed by atoms with Crippen LogP contribution in [0.1, 0.15) is 31.4 Å². The van der Waals surface area contributed by atoms with E-state index in [1.54, 1.807) is 0 Å². The van der Waals surface area contributed by atoms with E-state index >= 15 is 0 Å². The van der Waals surface area contributed by atoms with Gasteiger partial charge in [-0.2, -0.15) is 0 Å². The summed E-state index contributed by atoms with van der Waals surface area (Å²) >= 11 is 1.46. The van der Waals surface area contributed by atoms with Crippen molar-refractivity contribution in [3.63, 3.8) is 0 Å². The Bertz CT molecular complexity index is 464. The van der Waals surface area contributed by atoms with Crippen molar-refractivity contribution >= 4 is 22.4 Å². The summed E-state index contributed by atoms with van der Waals surface area (Å²) < 4.78 is 0. The van der Waals surface area contributed by atoms with Crippen molar-refractivity contribution in [2.24, 2.45) is 5.73 Å². The summed E-state index contributed by atoms with van der Waals surface area (Å²) in [6.45, 7) is 1.36. The van der Waals surface area contributed by atoms with Crippen LogP contribution < -0.4 is 16.8 Å². The van der Waals surface area contributed by atoms with Crippen LogP contribution in [0.25, 0.3) is 0 Å². The van der Waals surface area contributed by atoms with E-state index in [0.29, 0.717) is 36.7 Å². The molecule has 0 aliphatic carbocycles. The fourth-order valence-electron chi connectivity index (χ4n) is 2.84. The summed E-state index contributed by atoms with van der Waals surface area (Å²) in [6.07, 6.45) is 4.46. The zero-order valence-electron chi connectivity index (χ0n) is 12.5. The lowest BCUT2D eigenvalue weighted by Crippen LogP contribution is -2.39. The summed E-state index contributed by atoms with van der Waals surface area (Å²) in [5.74, 6) is 0.127. The van der Waals surface area contributed by atoms with Gasteiger partial charge < -0.3 is 16.8 Å². The number of aryl methyl sites for hydroxylation is 1. The Balaban J connectivity index is 1.62. The highest BCUT2D eigenvalue weighted by molar-refractivity contribution is 7.13. The fraction of sp³-hybridized carbons (Fsp3) is 0.714. The molecule has 1 aromatic rings. The van der Waals surface area contributed by atoms with Crippen molar-refractivity contribution in [2.45, 2.75) is 44.2 Å². The van der Waals surface area contributed by atoms with E-state index in [-0.39, 0.29) is 5.91 Å². The molecule has 0 unspecified atom stereocenters. The van der Waals surface area contributed by atoms with E-state index in [0.717, 1.165) is 31.4 Å². The van der Waals surface area contributed by atoms with Gasteiger partial charge in [-0.3, -0.25) is 9.69 Å². The number of nitrogens with one attached hydrogen (secondary N) is 1. The van der Waals surface area contributed by atoms with E-state index in [2.05, 4.69) is 22.2 Å². The number of carbonyl (C=O) groups is 1. The number of thiazole rings is 1. The molecule has 6 nitrogen and oxygen atoms in total. The van der Waals surface area contributed by atoms with Gasteiger partial charge in [-0.1, -0.05) is 0 Å². The summed E-state index contributed by atoms with van der Waals surface area (Å²) in [5, 5.41) is 5.56. The molecule has 1 aliphatic heterocycles. The highest BCUT2D eigenvalue weighted by atomic mass is 32.1. The normalized spacial score (nSPS) is 22.6. The number of carbonyl (C=O) groups excluding carboxylic acids is 1. The van der Waals surface area contributed by atoms with Crippen LogP contribution in [0.15, 0.2) is 5.38 Å². The highest BCUT2D eigenvalue weighted by Gasteiger charge is 2.30.